The van der Waals surface area contributed by atoms with E-state index in [4.69, 9.17) is 0 Å². The predicted octanol–water partition coefficient (Wildman–Crippen LogP) is 3.39. The first-order valence-corrected chi connectivity index (χ1v) is 10.5. The normalized spacial score (nSPS) is 21.3. The third-order valence-electron chi connectivity index (χ3n) is 6.54. The highest BCUT2D eigenvalue weighted by Crippen LogP contribution is 2.36. The number of nitrogens with zero attached hydrogens (tertiary/aromatic N) is 5. The van der Waals surface area contributed by atoms with Crippen LogP contribution in [0.2, 0.25) is 0 Å². The van der Waals surface area contributed by atoms with Crippen LogP contribution >= 0.6 is 0 Å². The number of fused-ring (bicyclic) bond motifs is 3. The number of rotatable bonds is 2. The second-order valence-corrected chi connectivity index (χ2v) is 8.08. The maximum atomic E-state index is 13.6. The molecular weight excluding hydrogens is 376 g/mol. The zero-order chi connectivity index (χ0) is 20.1. The van der Waals surface area contributed by atoms with Crippen LogP contribution in [0.15, 0.2) is 55.1 Å². The van der Waals surface area contributed by atoms with Crippen molar-refractivity contribution in [3.05, 3.63) is 60.7 Å². The van der Waals surface area contributed by atoms with E-state index in [2.05, 4.69) is 29.7 Å². The smallest absolute Gasteiger partial charge is 0.256 e. The van der Waals surface area contributed by atoms with E-state index in [1.807, 2.05) is 42.6 Å². The molecule has 0 bridgehead atoms. The number of likely N-dealkylation sites (tertiary alicyclic amines) is 1. The predicted molar refractivity (Wildman–Crippen MR) is 115 cm³/mol. The molecule has 0 unspecified atom stereocenters. The van der Waals surface area contributed by atoms with Gasteiger partial charge in [0.25, 0.3) is 5.91 Å². The van der Waals surface area contributed by atoms with Gasteiger partial charge >= 0.3 is 0 Å². The van der Waals surface area contributed by atoms with Crippen molar-refractivity contribution in [2.24, 2.45) is 0 Å². The zero-order valence-corrected chi connectivity index (χ0v) is 16.5. The molecule has 0 spiro atoms. The van der Waals surface area contributed by atoms with E-state index in [1.165, 1.54) is 0 Å². The Hall–Kier alpha value is -3.48. The highest BCUT2D eigenvalue weighted by atomic mass is 16.2. The van der Waals surface area contributed by atoms with Gasteiger partial charge in [-0.05, 0) is 37.5 Å². The molecule has 1 N–H and O–H groups in total. The fourth-order valence-corrected chi connectivity index (χ4v) is 5.22. The number of benzene rings is 1. The lowest BCUT2D eigenvalue weighted by Gasteiger charge is -2.40. The topological polar surface area (TPSA) is 78.0 Å². The Labute approximate surface area is 173 Å². The number of carbonyl (C=O) groups excluding carboxylic acids is 1. The molecule has 2 saturated heterocycles. The minimum atomic E-state index is 0.0883. The molecule has 2 aliphatic heterocycles. The maximum absolute atomic E-state index is 13.6. The van der Waals surface area contributed by atoms with Crippen LogP contribution in [0.3, 0.4) is 0 Å². The minimum Gasteiger partial charge on any atom is -0.351 e. The van der Waals surface area contributed by atoms with Gasteiger partial charge in [-0.1, -0.05) is 18.2 Å². The quantitative estimate of drug-likeness (QED) is 0.560. The van der Waals surface area contributed by atoms with E-state index >= 15 is 0 Å². The lowest BCUT2D eigenvalue weighted by atomic mass is 9.95. The number of nitrogens with one attached hydrogen (secondary N) is 1. The van der Waals surface area contributed by atoms with Gasteiger partial charge in [-0.2, -0.15) is 0 Å². The van der Waals surface area contributed by atoms with Crippen LogP contribution < -0.4 is 4.90 Å². The van der Waals surface area contributed by atoms with Gasteiger partial charge in [0, 0.05) is 30.9 Å². The van der Waals surface area contributed by atoms with Crippen LogP contribution in [0, 0.1) is 0 Å². The summed E-state index contributed by atoms with van der Waals surface area (Å²) in [5, 5.41) is 2.04. The third-order valence-corrected chi connectivity index (χ3v) is 6.54. The summed E-state index contributed by atoms with van der Waals surface area (Å²) in [4.78, 5) is 34.7. The summed E-state index contributed by atoms with van der Waals surface area (Å²) in [5.74, 6) is 1.06. The van der Waals surface area contributed by atoms with Crippen molar-refractivity contribution in [2.45, 2.75) is 31.3 Å². The van der Waals surface area contributed by atoms with Gasteiger partial charge in [0.05, 0.1) is 28.6 Å². The van der Waals surface area contributed by atoms with Gasteiger partial charge in [-0.15, -0.1) is 0 Å². The number of piperidine rings is 1. The first kappa shape index (κ1) is 17.4. The number of H-pyrrole nitrogens is 1. The van der Waals surface area contributed by atoms with Crippen molar-refractivity contribution in [2.75, 3.05) is 18.0 Å². The van der Waals surface area contributed by atoms with E-state index in [0.29, 0.717) is 5.56 Å². The highest BCUT2D eigenvalue weighted by molar-refractivity contribution is 6.05. The zero-order valence-electron chi connectivity index (χ0n) is 16.5. The number of carbonyl (C=O) groups is 1. The lowest BCUT2D eigenvalue weighted by Crippen LogP contribution is -2.52. The monoisotopic (exact) mass is 398 g/mol. The second-order valence-electron chi connectivity index (χ2n) is 8.08. The third kappa shape index (κ3) is 2.58. The Morgan fingerprint density at radius 2 is 1.93 bits per heavy atom. The molecule has 3 aromatic heterocycles. The van der Waals surface area contributed by atoms with Crippen LogP contribution in [-0.2, 0) is 0 Å². The van der Waals surface area contributed by atoms with Crippen molar-refractivity contribution in [1.29, 1.82) is 0 Å². The van der Waals surface area contributed by atoms with E-state index in [9.17, 15) is 4.79 Å². The second kappa shape index (κ2) is 6.79. The van der Waals surface area contributed by atoms with Gasteiger partial charge in [0.15, 0.2) is 0 Å². The number of aromatic nitrogens is 4. The van der Waals surface area contributed by atoms with Gasteiger partial charge in [0.1, 0.15) is 17.8 Å². The van der Waals surface area contributed by atoms with Gasteiger partial charge < -0.3 is 14.8 Å². The molecule has 30 heavy (non-hydrogen) atoms. The number of pyridine rings is 1. The molecule has 0 aliphatic carbocycles. The SMILES string of the molecule is O=C(c1cccc2cccnc12)N1CCC[C@@H]2[C@H]1CCN2c1ncnc2[nH]ccc12. The molecule has 2 aliphatic rings. The largest absolute Gasteiger partial charge is 0.351 e. The first-order valence-electron chi connectivity index (χ1n) is 10.5. The summed E-state index contributed by atoms with van der Waals surface area (Å²) in [6, 6.07) is 12.3. The summed E-state index contributed by atoms with van der Waals surface area (Å²) < 4.78 is 0. The fraction of sp³-hybridized carbons (Fsp3) is 0.304. The van der Waals surface area contributed by atoms with Crippen molar-refractivity contribution in [3.8, 4) is 0 Å². The molecule has 0 radical (unpaired) electrons. The molecule has 0 saturated carbocycles. The Balaban J connectivity index is 1.35. The van der Waals surface area contributed by atoms with Crippen molar-refractivity contribution in [1.82, 2.24) is 24.8 Å². The standard InChI is InChI=1S/C23H22N6O/c30-23(16-6-1-4-15-5-2-10-24-20(15)16)29-12-3-7-18-19(29)9-13-28(18)22-17-8-11-25-21(17)26-14-27-22/h1-2,4-6,8,10-11,14,18-19H,3,7,9,12-13H2,(H,25,26,27)/t18-,19-/m1/s1. The van der Waals surface area contributed by atoms with Crippen molar-refractivity contribution < 1.29 is 4.79 Å². The molecule has 150 valence electrons. The Bertz CT molecular complexity index is 1250. The van der Waals surface area contributed by atoms with Crippen LogP contribution in [0.4, 0.5) is 5.82 Å². The molecule has 6 rings (SSSR count). The van der Waals surface area contributed by atoms with E-state index in [1.54, 1.807) is 12.5 Å². The van der Waals surface area contributed by atoms with E-state index in [0.717, 1.165) is 60.1 Å². The fourth-order valence-electron chi connectivity index (χ4n) is 5.22. The number of hydrogen-bond donors (Lipinski definition) is 1. The van der Waals surface area contributed by atoms with Gasteiger partial charge in [-0.3, -0.25) is 9.78 Å². The number of aromatic amines is 1. The maximum Gasteiger partial charge on any atom is 0.256 e. The Kier molecular flexibility index (Phi) is 3.94. The number of anilines is 1. The average Bonchev–Trinajstić information content (AvgIpc) is 3.45. The molecule has 4 aromatic rings. The van der Waals surface area contributed by atoms with Crippen molar-refractivity contribution >= 4 is 33.7 Å². The Morgan fingerprint density at radius 3 is 2.90 bits per heavy atom. The summed E-state index contributed by atoms with van der Waals surface area (Å²) in [6.45, 7) is 1.69. The number of amides is 1. The minimum absolute atomic E-state index is 0.0883. The molecule has 2 atom stereocenters. The van der Waals surface area contributed by atoms with E-state index < -0.39 is 0 Å². The van der Waals surface area contributed by atoms with Crippen molar-refractivity contribution in [3.63, 3.8) is 0 Å². The van der Waals surface area contributed by atoms with Crippen LogP contribution in [0.1, 0.15) is 29.6 Å². The lowest BCUT2D eigenvalue weighted by molar-refractivity contribution is 0.0610. The summed E-state index contributed by atoms with van der Waals surface area (Å²) in [6.07, 6.45) is 8.29. The van der Waals surface area contributed by atoms with Gasteiger partial charge in [-0.25, -0.2) is 9.97 Å². The molecule has 5 heterocycles. The first-order chi connectivity index (χ1) is 14.8. The molecule has 7 nitrogen and oxygen atoms in total. The highest BCUT2D eigenvalue weighted by Gasteiger charge is 2.43. The Morgan fingerprint density at radius 1 is 1.00 bits per heavy atom. The molecule has 7 heteroatoms. The number of para-hydroxylation sites is 1. The van der Waals surface area contributed by atoms with E-state index in [-0.39, 0.29) is 18.0 Å². The molecule has 1 amide bonds. The van der Waals surface area contributed by atoms with Crippen LogP contribution in [0.25, 0.3) is 21.9 Å². The number of hydrogen-bond acceptors (Lipinski definition) is 5. The summed E-state index contributed by atoms with van der Waals surface area (Å²) in [5.41, 5.74) is 2.34. The van der Waals surface area contributed by atoms with Crippen LogP contribution in [-0.4, -0.2) is 55.9 Å². The summed E-state index contributed by atoms with van der Waals surface area (Å²) in [7, 11) is 0. The van der Waals surface area contributed by atoms with Crippen LogP contribution in [0.5, 0.6) is 0 Å². The molecule has 1 aromatic carbocycles. The summed E-state index contributed by atoms with van der Waals surface area (Å²) >= 11 is 0. The average molecular weight is 398 g/mol. The van der Waals surface area contributed by atoms with Gasteiger partial charge in [0.2, 0.25) is 0 Å². The molecular formula is C23H22N6O. The molecule has 2 fully saturated rings.